The van der Waals surface area contributed by atoms with Crippen LogP contribution in [0.25, 0.3) is 0 Å². The summed E-state index contributed by atoms with van der Waals surface area (Å²) < 4.78 is 11.4. The number of halogens is 4. The minimum Gasteiger partial charge on any atom is -0.493 e. The summed E-state index contributed by atoms with van der Waals surface area (Å²) in [6, 6.07) is 19.1. The predicted molar refractivity (Wildman–Crippen MR) is 128 cm³/mol. The standard InChI is InChI=1S/C23H22Cl3NO2.ClH/c1-28-23-12-16(14-27-11-10-17-7-8-19(24)13-21(17)26)6-9-22(23)29-15-18-4-2-3-5-20(18)25;/h2-9,12-13,27H,10-11,14-15H2,1H3;1H. The molecular weight excluding hydrogens is 464 g/mol. The lowest BCUT2D eigenvalue weighted by Gasteiger charge is -2.13. The lowest BCUT2D eigenvalue weighted by atomic mass is 10.1. The highest BCUT2D eigenvalue weighted by molar-refractivity contribution is 6.35. The van der Waals surface area contributed by atoms with Crippen LogP contribution in [0, 0.1) is 0 Å². The van der Waals surface area contributed by atoms with E-state index in [9.17, 15) is 0 Å². The fourth-order valence-electron chi connectivity index (χ4n) is 2.89. The summed E-state index contributed by atoms with van der Waals surface area (Å²) in [4.78, 5) is 0. The quantitative estimate of drug-likeness (QED) is 0.330. The van der Waals surface area contributed by atoms with Crippen molar-refractivity contribution in [1.29, 1.82) is 0 Å². The Labute approximate surface area is 198 Å². The second-order valence-electron chi connectivity index (χ2n) is 6.53. The van der Waals surface area contributed by atoms with Crippen LogP contribution in [0.4, 0.5) is 0 Å². The van der Waals surface area contributed by atoms with Crippen molar-refractivity contribution in [3.63, 3.8) is 0 Å². The fourth-order valence-corrected chi connectivity index (χ4v) is 3.59. The Kier molecular flexibility index (Phi) is 10.1. The van der Waals surface area contributed by atoms with Gasteiger partial charge in [-0.25, -0.2) is 0 Å². The van der Waals surface area contributed by atoms with E-state index in [1.165, 1.54) is 0 Å². The molecule has 3 aromatic carbocycles. The van der Waals surface area contributed by atoms with Crippen molar-refractivity contribution >= 4 is 47.2 Å². The average Bonchev–Trinajstić information content (AvgIpc) is 2.72. The molecule has 0 unspecified atom stereocenters. The number of benzene rings is 3. The Hall–Kier alpha value is -1.62. The van der Waals surface area contributed by atoms with E-state index in [1.807, 2.05) is 54.6 Å². The zero-order valence-corrected chi connectivity index (χ0v) is 19.5. The summed E-state index contributed by atoms with van der Waals surface area (Å²) in [5.74, 6) is 1.38. The molecule has 0 heterocycles. The maximum atomic E-state index is 6.22. The minimum atomic E-state index is 0. The van der Waals surface area contributed by atoms with Crippen LogP contribution in [0.1, 0.15) is 16.7 Å². The van der Waals surface area contributed by atoms with Crippen LogP contribution in [0.5, 0.6) is 11.5 Å². The Bertz CT molecular complexity index is 966. The largest absolute Gasteiger partial charge is 0.493 e. The molecule has 7 heteroatoms. The van der Waals surface area contributed by atoms with Gasteiger partial charge in [-0.15, -0.1) is 12.4 Å². The van der Waals surface area contributed by atoms with Gasteiger partial charge in [-0.2, -0.15) is 0 Å². The summed E-state index contributed by atoms with van der Waals surface area (Å²) in [6.07, 6.45) is 0.826. The van der Waals surface area contributed by atoms with Gasteiger partial charge in [0.15, 0.2) is 11.5 Å². The zero-order chi connectivity index (χ0) is 20.6. The molecule has 0 amide bonds. The highest BCUT2D eigenvalue weighted by atomic mass is 35.5. The molecule has 3 nitrogen and oxygen atoms in total. The Morgan fingerprint density at radius 3 is 2.37 bits per heavy atom. The number of hydrogen-bond donors (Lipinski definition) is 1. The molecule has 0 saturated carbocycles. The molecule has 0 aromatic heterocycles. The number of hydrogen-bond acceptors (Lipinski definition) is 3. The lowest BCUT2D eigenvalue weighted by Crippen LogP contribution is -2.16. The summed E-state index contributed by atoms with van der Waals surface area (Å²) >= 11 is 18.3. The van der Waals surface area contributed by atoms with E-state index in [0.717, 1.165) is 29.7 Å². The van der Waals surface area contributed by atoms with Gasteiger partial charge in [-0.3, -0.25) is 0 Å². The lowest BCUT2D eigenvalue weighted by molar-refractivity contribution is 0.284. The zero-order valence-electron chi connectivity index (χ0n) is 16.5. The molecule has 3 rings (SSSR count). The van der Waals surface area contributed by atoms with Gasteiger partial charge >= 0.3 is 0 Å². The van der Waals surface area contributed by atoms with E-state index >= 15 is 0 Å². The van der Waals surface area contributed by atoms with E-state index in [-0.39, 0.29) is 12.4 Å². The molecule has 0 atom stereocenters. The summed E-state index contributed by atoms with van der Waals surface area (Å²) in [5, 5.41) is 5.45. The van der Waals surface area contributed by atoms with Crippen LogP contribution in [-0.4, -0.2) is 13.7 Å². The predicted octanol–water partition coefficient (Wildman–Crippen LogP) is 6.99. The SMILES string of the molecule is COc1cc(CNCCc2ccc(Cl)cc2Cl)ccc1OCc1ccccc1Cl.Cl. The first-order valence-corrected chi connectivity index (χ1v) is 10.4. The third-order valence-corrected chi connectivity index (χ3v) is 5.44. The van der Waals surface area contributed by atoms with E-state index in [4.69, 9.17) is 44.3 Å². The average molecular weight is 487 g/mol. The highest BCUT2D eigenvalue weighted by Gasteiger charge is 2.08. The molecule has 1 N–H and O–H groups in total. The first kappa shape index (κ1) is 24.6. The molecular formula is C23H23Cl4NO2. The van der Waals surface area contributed by atoms with Crippen LogP contribution in [-0.2, 0) is 19.6 Å². The maximum absolute atomic E-state index is 6.22. The van der Waals surface area contributed by atoms with Crippen molar-refractivity contribution in [2.75, 3.05) is 13.7 Å². The molecule has 0 aliphatic heterocycles. The Morgan fingerprint density at radius 1 is 0.833 bits per heavy atom. The van der Waals surface area contributed by atoms with E-state index in [1.54, 1.807) is 13.2 Å². The first-order valence-electron chi connectivity index (χ1n) is 9.24. The van der Waals surface area contributed by atoms with Crippen LogP contribution in [0.3, 0.4) is 0 Å². The van der Waals surface area contributed by atoms with Crippen molar-refractivity contribution in [3.8, 4) is 11.5 Å². The number of methoxy groups -OCH3 is 1. The molecule has 0 saturated heterocycles. The van der Waals surface area contributed by atoms with Gasteiger partial charge in [0.05, 0.1) is 7.11 Å². The van der Waals surface area contributed by atoms with E-state index in [0.29, 0.717) is 39.7 Å². The van der Waals surface area contributed by atoms with Crippen molar-refractivity contribution in [2.45, 2.75) is 19.6 Å². The van der Waals surface area contributed by atoms with Gasteiger partial charge in [0.2, 0.25) is 0 Å². The second kappa shape index (κ2) is 12.3. The van der Waals surface area contributed by atoms with Crippen LogP contribution in [0.15, 0.2) is 60.7 Å². The number of ether oxygens (including phenoxy) is 2. The first-order chi connectivity index (χ1) is 14.1. The monoisotopic (exact) mass is 485 g/mol. The maximum Gasteiger partial charge on any atom is 0.161 e. The molecule has 0 bridgehead atoms. The second-order valence-corrected chi connectivity index (χ2v) is 7.78. The van der Waals surface area contributed by atoms with Gasteiger partial charge in [0.25, 0.3) is 0 Å². The summed E-state index contributed by atoms with van der Waals surface area (Å²) in [6.45, 7) is 1.90. The molecule has 160 valence electrons. The van der Waals surface area contributed by atoms with Gasteiger partial charge in [-0.05, 0) is 54.4 Å². The Morgan fingerprint density at radius 2 is 1.63 bits per heavy atom. The Balaban J connectivity index is 0.00000320. The number of nitrogens with one attached hydrogen (secondary N) is 1. The van der Waals surface area contributed by atoms with Crippen molar-refractivity contribution < 1.29 is 9.47 Å². The van der Waals surface area contributed by atoms with Crippen molar-refractivity contribution in [3.05, 3.63) is 92.4 Å². The molecule has 0 spiro atoms. The highest BCUT2D eigenvalue weighted by Crippen LogP contribution is 2.29. The van der Waals surface area contributed by atoms with Gasteiger partial charge in [-0.1, -0.05) is 65.1 Å². The van der Waals surface area contributed by atoms with Crippen molar-refractivity contribution in [2.24, 2.45) is 0 Å². The topological polar surface area (TPSA) is 30.5 Å². The van der Waals surface area contributed by atoms with Crippen LogP contribution < -0.4 is 14.8 Å². The van der Waals surface area contributed by atoms with E-state index in [2.05, 4.69) is 5.32 Å². The van der Waals surface area contributed by atoms with E-state index < -0.39 is 0 Å². The van der Waals surface area contributed by atoms with Gasteiger partial charge in [0.1, 0.15) is 6.61 Å². The number of rotatable bonds is 9. The van der Waals surface area contributed by atoms with Crippen LogP contribution in [0.2, 0.25) is 15.1 Å². The third kappa shape index (κ3) is 6.97. The molecule has 0 fully saturated rings. The third-order valence-electron chi connectivity index (χ3n) is 4.48. The van der Waals surface area contributed by atoms with Gasteiger partial charge < -0.3 is 14.8 Å². The molecule has 0 aliphatic carbocycles. The van der Waals surface area contributed by atoms with Crippen LogP contribution >= 0.6 is 47.2 Å². The summed E-state index contributed by atoms with van der Waals surface area (Å²) in [5.41, 5.74) is 3.11. The molecule has 3 aromatic rings. The van der Waals surface area contributed by atoms with Crippen molar-refractivity contribution in [1.82, 2.24) is 5.32 Å². The van der Waals surface area contributed by atoms with Gasteiger partial charge in [0, 0.05) is 27.2 Å². The summed E-state index contributed by atoms with van der Waals surface area (Å²) in [7, 11) is 1.64. The fraction of sp³-hybridized carbons (Fsp3) is 0.217. The molecule has 30 heavy (non-hydrogen) atoms. The molecule has 0 radical (unpaired) electrons. The smallest absolute Gasteiger partial charge is 0.161 e. The minimum absolute atomic E-state index is 0. The molecule has 0 aliphatic rings. The normalized spacial score (nSPS) is 10.4.